The van der Waals surface area contributed by atoms with Crippen LogP contribution in [0.2, 0.25) is 0 Å². The number of aromatic hydroxyl groups is 1. The second-order valence-corrected chi connectivity index (χ2v) is 5.38. The number of phenolic OH excluding ortho intramolecular Hbond substituents is 1. The van der Waals surface area contributed by atoms with Crippen LogP contribution in [0.1, 0.15) is 11.1 Å². The summed E-state index contributed by atoms with van der Waals surface area (Å²) in [7, 11) is 1.54. The van der Waals surface area contributed by atoms with Crippen molar-refractivity contribution in [3.63, 3.8) is 0 Å². The molecule has 0 unspecified atom stereocenters. The zero-order chi connectivity index (χ0) is 16.5. The Labute approximate surface area is 135 Å². The van der Waals surface area contributed by atoms with Crippen LogP contribution in [0.25, 0.3) is 0 Å². The number of phenols is 1. The number of ether oxygens (including phenoxy) is 1. The molecular formula is C17H21NO3S. The van der Waals surface area contributed by atoms with Gasteiger partial charge in [-0.3, -0.25) is 0 Å². The van der Waals surface area contributed by atoms with Crippen molar-refractivity contribution in [1.29, 1.82) is 0 Å². The Bertz CT molecular complexity index is 592. The molecule has 0 aliphatic heterocycles. The first-order chi connectivity index (χ1) is 10.5. The summed E-state index contributed by atoms with van der Waals surface area (Å²) in [6.45, 7) is 4.02. The fourth-order valence-electron chi connectivity index (χ4n) is 1.88. The normalized spacial score (nSPS) is 9.45. The summed E-state index contributed by atoms with van der Waals surface area (Å²) in [6, 6.07) is 12.5. The predicted octanol–water partition coefficient (Wildman–Crippen LogP) is 4.14. The lowest BCUT2D eigenvalue weighted by Gasteiger charge is -2.10. The number of nitrogens with one attached hydrogen (secondary N) is 1. The second kappa shape index (κ2) is 9.00. The molecule has 0 saturated heterocycles. The van der Waals surface area contributed by atoms with Gasteiger partial charge in [0, 0.05) is 11.9 Å². The van der Waals surface area contributed by atoms with Crippen molar-refractivity contribution >= 4 is 17.9 Å². The summed E-state index contributed by atoms with van der Waals surface area (Å²) in [5, 5.41) is 11.0. The Morgan fingerprint density at radius 3 is 2.05 bits per heavy atom. The quantitative estimate of drug-likeness (QED) is 0.817. The standard InChI is InChI=1S/C11H15NO2S.C6H6O/c1-7-5-9(14-11(13)12-3)6-8(2)10(7)15-4;7-6-4-2-1-3-5-6/h5-6H,1-4H3,(H,12,13);1-5,7H. The van der Waals surface area contributed by atoms with E-state index in [1.807, 2.05) is 38.3 Å². The van der Waals surface area contributed by atoms with Gasteiger partial charge in [0.15, 0.2) is 0 Å². The van der Waals surface area contributed by atoms with Crippen molar-refractivity contribution in [1.82, 2.24) is 5.32 Å². The summed E-state index contributed by atoms with van der Waals surface area (Å²) in [5.74, 6) is 0.907. The number of hydrogen-bond acceptors (Lipinski definition) is 4. The lowest BCUT2D eigenvalue weighted by Crippen LogP contribution is -2.22. The Morgan fingerprint density at radius 2 is 1.68 bits per heavy atom. The Kier molecular flexibility index (Phi) is 7.32. The smallest absolute Gasteiger partial charge is 0.412 e. The maximum absolute atomic E-state index is 11.0. The van der Waals surface area contributed by atoms with Crippen LogP contribution in [0.3, 0.4) is 0 Å². The Hall–Kier alpha value is -2.14. The van der Waals surface area contributed by atoms with Gasteiger partial charge in [0.1, 0.15) is 11.5 Å². The van der Waals surface area contributed by atoms with E-state index >= 15 is 0 Å². The van der Waals surface area contributed by atoms with Crippen molar-refractivity contribution in [3.8, 4) is 11.5 Å². The van der Waals surface area contributed by atoms with E-state index in [2.05, 4.69) is 5.32 Å². The highest BCUT2D eigenvalue weighted by molar-refractivity contribution is 7.98. The van der Waals surface area contributed by atoms with Gasteiger partial charge in [-0.1, -0.05) is 18.2 Å². The van der Waals surface area contributed by atoms with Gasteiger partial charge in [0.05, 0.1) is 0 Å². The molecule has 5 heteroatoms. The number of para-hydroxylation sites is 1. The van der Waals surface area contributed by atoms with Gasteiger partial charge >= 0.3 is 6.09 Å². The van der Waals surface area contributed by atoms with Gasteiger partial charge in [-0.2, -0.15) is 0 Å². The van der Waals surface area contributed by atoms with Crippen LogP contribution >= 0.6 is 11.8 Å². The van der Waals surface area contributed by atoms with Crippen molar-refractivity contribution in [2.24, 2.45) is 0 Å². The predicted molar refractivity (Wildman–Crippen MR) is 90.9 cm³/mol. The van der Waals surface area contributed by atoms with Crippen molar-refractivity contribution in [3.05, 3.63) is 53.6 Å². The molecule has 2 aromatic rings. The first kappa shape index (κ1) is 17.9. The van der Waals surface area contributed by atoms with Gasteiger partial charge in [-0.15, -0.1) is 11.8 Å². The number of amides is 1. The Balaban J connectivity index is 0.000000287. The van der Waals surface area contributed by atoms with E-state index in [1.54, 1.807) is 36.0 Å². The molecule has 0 aromatic heterocycles. The molecule has 0 atom stereocenters. The Morgan fingerprint density at radius 1 is 1.14 bits per heavy atom. The fourth-order valence-corrected chi connectivity index (χ4v) is 2.64. The van der Waals surface area contributed by atoms with Crippen LogP contribution in [0, 0.1) is 13.8 Å². The fraction of sp³-hybridized carbons (Fsp3) is 0.235. The van der Waals surface area contributed by atoms with E-state index in [1.165, 1.54) is 11.9 Å². The lowest BCUT2D eigenvalue weighted by atomic mass is 10.1. The third kappa shape index (κ3) is 5.69. The highest BCUT2D eigenvalue weighted by atomic mass is 32.2. The molecule has 0 saturated carbocycles. The summed E-state index contributed by atoms with van der Waals surface area (Å²) in [4.78, 5) is 12.3. The van der Waals surface area contributed by atoms with E-state index in [9.17, 15) is 4.79 Å². The van der Waals surface area contributed by atoms with E-state index in [4.69, 9.17) is 9.84 Å². The molecule has 2 N–H and O–H groups in total. The molecule has 0 bridgehead atoms. The molecule has 1 amide bonds. The summed E-state index contributed by atoms with van der Waals surface area (Å²) in [6.07, 6.45) is 1.60. The zero-order valence-corrected chi connectivity index (χ0v) is 14.0. The molecule has 0 aliphatic rings. The second-order valence-electron chi connectivity index (χ2n) is 4.57. The highest BCUT2D eigenvalue weighted by Gasteiger charge is 2.07. The molecule has 118 valence electrons. The van der Waals surface area contributed by atoms with E-state index in [0.717, 1.165) is 11.1 Å². The van der Waals surface area contributed by atoms with Crippen molar-refractivity contribution < 1.29 is 14.6 Å². The van der Waals surface area contributed by atoms with Crippen LogP contribution in [0.5, 0.6) is 11.5 Å². The monoisotopic (exact) mass is 319 g/mol. The molecule has 0 fully saturated rings. The van der Waals surface area contributed by atoms with Crippen LogP contribution in [0.4, 0.5) is 4.79 Å². The largest absolute Gasteiger partial charge is 0.508 e. The van der Waals surface area contributed by atoms with Crippen LogP contribution in [-0.2, 0) is 0 Å². The minimum absolute atomic E-state index is 0.322. The maximum Gasteiger partial charge on any atom is 0.412 e. The number of carbonyl (C=O) groups excluding carboxylic acids is 1. The topological polar surface area (TPSA) is 58.6 Å². The molecule has 4 nitrogen and oxygen atoms in total. The molecule has 0 heterocycles. The van der Waals surface area contributed by atoms with E-state index < -0.39 is 6.09 Å². The summed E-state index contributed by atoms with van der Waals surface area (Å²) in [5.41, 5.74) is 2.25. The average molecular weight is 319 g/mol. The SMILES string of the molecule is CNC(=O)Oc1cc(C)c(SC)c(C)c1.Oc1ccccc1. The number of carbonyl (C=O) groups is 1. The van der Waals surface area contributed by atoms with Crippen molar-refractivity contribution in [2.45, 2.75) is 18.7 Å². The molecule has 2 rings (SSSR count). The van der Waals surface area contributed by atoms with E-state index in [0.29, 0.717) is 11.5 Å². The molecule has 0 spiro atoms. The van der Waals surface area contributed by atoms with Gasteiger partial charge < -0.3 is 15.2 Å². The van der Waals surface area contributed by atoms with Gasteiger partial charge in [0.2, 0.25) is 0 Å². The molecular weight excluding hydrogens is 298 g/mol. The van der Waals surface area contributed by atoms with E-state index in [-0.39, 0.29) is 0 Å². The van der Waals surface area contributed by atoms with Crippen LogP contribution in [0.15, 0.2) is 47.4 Å². The summed E-state index contributed by atoms with van der Waals surface area (Å²) < 4.78 is 5.07. The van der Waals surface area contributed by atoms with Crippen LogP contribution in [-0.4, -0.2) is 24.5 Å². The molecule has 0 aliphatic carbocycles. The number of hydrogen-bond donors (Lipinski definition) is 2. The number of thioether (sulfide) groups is 1. The van der Waals surface area contributed by atoms with Crippen molar-refractivity contribution in [2.75, 3.05) is 13.3 Å². The maximum atomic E-state index is 11.0. The summed E-state index contributed by atoms with van der Waals surface area (Å²) >= 11 is 1.70. The number of benzene rings is 2. The molecule has 2 aromatic carbocycles. The highest BCUT2D eigenvalue weighted by Crippen LogP contribution is 2.28. The average Bonchev–Trinajstić information content (AvgIpc) is 2.48. The molecule has 0 radical (unpaired) electrons. The minimum atomic E-state index is -0.439. The minimum Gasteiger partial charge on any atom is -0.508 e. The first-order valence-electron chi connectivity index (χ1n) is 6.76. The number of aryl methyl sites for hydroxylation is 2. The first-order valence-corrected chi connectivity index (χ1v) is 7.99. The third-order valence-electron chi connectivity index (χ3n) is 2.81. The lowest BCUT2D eigenvalue weighted by molar-refractivity contribution is 0.203. The van der Waals surface area contributed by atoms with Gasteiger partial charge in [0.25, 0.3) is 0 Å². The number of rotatable bonds is 2. The molecule has 22 heavy (non-hydrogen) atoms. The van der Waals surface area contributed by atoms with Gasteiger partial charge in [-0.05, 0) is 55.5 Å². The third-order valence-corrected chi connectivity index (χ3v) is 3.86. The van der Waals surface area contributed by atoms with Gasteiger partial charge in [-0.25, -0.2) is 4.79 Å². The zero-order valence-electron chi connectivity index (χ0n) is 13.2. The van der Waals surface area contributed by atoms with Crippen LogP contribution < -0.4 is 10.1 Å².